The van der Waals surface area contributed by atoms with Crippen molar-refractivity contribution in [1.29, 1.82) is 0 Å². The summed E-state index contributed by atoms with van der Waals surface area (Å²) >= 11 is 0. The lowest BCUT2D eigenvalue weighted by Gasteiger charge is -2.22. The van der Waals surface area contributed by atoms with Crippen molar-refractivity contribution in [1.82, 2.24) is 0 Å². The molecule has 0 heteroatoms. The van der Waals surface area contributed by atoms with Crippen molar-refractivity contribution in [2.24, 2.45) is 0 Å². The van der Waals surface area contributed by atoms with E-state index in [1.807, 2.05) is 31.2 Å². The number of benzene rings is 5. The quantitative estimate of drug-likeness (QED) is 0.187. The van der Waals surface area contributed by atoms with Crippen molar-refractivity contribution >= 4 is 0 Å². The van der Waals surface area contributed by atoms with Crippen molar-refractivity contribution in [2.45, 2.75) is 59.8 Å². The molecule has 5 aromatic carbocycles. The maximum Gasteiger partial charge on any atom is 0.0159 e. The maximum atomic E-state index is 3.68. The summed E-state index contributed by atoms with van der Waals surface area (Å²) in [6.07, 6.45) is 6.41. The zero-order chi connectivity index (χ0) is 30.8. The summed E-state index contributed by atoms with van der Waals surface area (Å²) in [7, 11) is 0. The molecule has 0 atom stereocenters. The second kappa shape index (κ2) is 14.7. The van der Waals surface area contributed by atoms with Crippen LogP contribution in [0, 0.1) is 13.8 Å². The van der Waals surface area contributed by atoms with Gasteiger partial charge >= 0.3 is 0 Å². The molecule has 0 bridgehead atoms. The van der Waals surface area contributed by atoms with Gasteiger partial charge in [0.05, 0.1) is 0 Å². The van der Waals surface area contributed by atoms with Crippen LogP contribution in [0.2, 0.25) is 0 Å². The van der Waals surface area contributed by atoms with Gasteiger partial charge in [0.2, 0.25) is 0 Å². The molecule has 0 saturated heterocycles. The number of hydrogen-bond acceptors (Lipinski definition) is 0. The van der Waals surface area contributed by atoms with Gasteiger partial charge in [-0.3, -0.25) is 0 Å². The molecule has 0 radical (unpaired) electrons. The Bertz CT molecular complexity index is 1650. The summed E-state index contributed by atoms with van der Waals surface area (Å²) < 4.78 is 0. The fraction of sp³-hybridized carbons (Fsp3) is 0.209. The molecule has 6 rings (SSSR count). The summed E-state index contributed by atoms with van der Waals surface area (Å²) in [5, 5.41) is 0. The molecule has 0 nitrogen and oxygen atoms in total. The number of allylic oxidation sites excluding steroid dienone is 3. The summed E-state index contributed by atoms with van der Waals surface area (Å²) in [6, 6.07) is 43.6. The number of fused-ring (bicyclic) bond motifs is 3. The van der Waals surface area contributed by atoms with Crippen molar-refractivity contribution in [3.05, 3.63) is 168 Å². The van der Waals surface area contributed by atoms with Crippen molar-refractivity contribution < 1.29 is 0 Å². The highest BCUT2D eigenvalue weighted by atomic mass is 14.4. The molecule has 0 fully saturated rings. The van der Waals surface area contributed by atoms with Crippen LogP contribution in [0.3, 0.4) is 0 Å². The van der Waals surface area contributed by atoms with E-state index in [0.717, 1.165) is 0 Å². The molecular weight excluding hydrogens is 516 g/mol. The van der Waals surface area contributed by atoms with E-state index < -0.39 is 0 Å². The fourth-order valence-electron chi connectivity index (χ4n) is 5.70. The highest BCUT2D eigenvalue weighted by Crippen LogP contribution is 2.49. The van der Waals surface area contributed by atoms with Gasteiger partial charge in [0.15, 0.2) is 0 Å². The first-order valence-corrected chi connectivity index (χ1v) is 15.5. The fourth-order valence-corrected chi connectivity index (χ4v) is 5.70. The van der Waals surface area contributed by atoms with Crippen molar-refractivity contribution in [3.8, 4) is 33.4 Å². The number of hydrogen-bond donors (Lipinski definition) is 0. The lowest BCUT2D eigenvalue weighted by Crippen LogP contribution is -2.15. The van der Waals surface area contributed by atoms with E-state index in [-0.39, 0.29) is 5.41 Å². The SMILES string of the molecule is C=C/C(=C/C)CCC.Cc1ccc2c(c1)C(C)(C)c1cc(-c3ccc(-c4ccccc4)cc3)ccc1-2.Cc1ccccc1. The maximum absolute atomic E-state index is 3.68. The Kier molecular flexibility index (Phi) is 10.7. The molecule has 0 N–H and O–H groups in total. The monoisotopic (exact) mass is 562 g/mol. The minimum absolute atomic E-state index is 0.0384. The topological polar surface area (TPSA) is 0 Å². The van der Waals surface area contributed by atoms with Crippen LogP contribution in [-0.2, 0) is 5.41 Å². The summed E-state index contributed by atoms with van der Waals surface area (Å²) in [6.45, 7) is 16.9. The third-order valence-corrected chi connectivity index (χ3v) is 8.27. The predicted molar refractivity (Wildman–Crippen MR) is 190 cm³/mol. The average molecular weight is 563 g/mol. The van der Waals surface area contributed by atoms with Crippen LogP contribution in [0.15, 0.2) is 146 Å². The summed E-state index contributed by atoms with van der Waals surface area (Å²) in [5.74, 6) is 0. The van der Waals surface area contributed by atoms with Crippen LogP contribution >= 0.6 is 0 Å². The Balaban J connectivity index is 0.000000233. The minimum atomic E-state index is 0.0384. The number of rotatable bonds is 5. The lowest BCUT2D eigenvalue weighted by atomic mass is 9.81. The molecule has 0 amide bonds. The van der Waals surface area contributed by atoms with E-state index in [1.165, 1.54) is 74.0 Å². The molecule has 5 aromatic rings. The van der Waals surface area contributed by atoms with Gasteiger partial charge < -0.3 is 0 Å². The minimum Gasteiger partial charge on any atom is -0.0988 e. The normalized spacial score (nSPS) is 12.6. The van der Waals surface area contributed by atoms with Gasteiger partial charge in [-0.25, -0.2) is 0 Å². The van der Waals surface area contributed by atoms with E-state index in [0.29, 0.717) is 0 Å². The molecule has 0 aliphatic heterocycles. The molecule has 1 aliphatic rings. The standard InChI is InChI=1S/C28H24.C8H14.C7H8/c1-19-9-15-24-25-16-14-23(18-27(25)28(2,3)26(24)17-19)22-12-10-21(11-13-22)20-7-5-4-6-8-20;1-4-7-8(5-2)6-3;1-7-5-3-2-4-6-7/h4-18H,1-3H3;5-6H,2,4,7H2,1,3H3;2-6H,1H3/b;8-6-;. The molecular formula is C43H46. The van der Waals surface area contributed by atoms with Gasteiger partial charge in [-0.2, -0.15) is 0 Å². The van der Waals surface area contributed by atoms with E-state index >= 15 is 0 Å². The zero-order valence-electron chi connectivity index (χ0n) is 26.8. The Morgan fingerprint density at radius 2 is 1.09 bits per heavy atom. The average Bonchev–Trinajstić information content (AvgIpc) is 3.26. The highest BCUT2D eigenvalue weighted by molar-refractivity contribution is 5.84. The molecule has 1 aliphatic carbocycles. The zero-order valence-corrected chi connectivity index (χ0v) is 26.8. The van der Waals surface area contributed by atoms with Gasteiger partial charge in [0.25, 0.3) is 0 Å². The first kappa shape index (κ1) is 31.5. The first-order chi connectivity index (χ1) is 20.8. The first-order valence-electron chi connectivity index (χ1n) is 15.5. The highest BCUT2D eigenvalue weighted by Gasteiger charge is 2.35. The molecule has 0 saturated carbocycles. The van der Waals surface area contributed by atoms with Crippen LogP contribution in [0.5, 0.6) is 0 Å². The van der Waals surface area contributed by atoms with Gasteiger partial charge in [-0.1, -0.05) is 178 Å². The van der Waals surface area contributed by atoms with Crippen LogP contribution in [0.25, 0.3) is 33.4 Å². The largest absolute Gasteiger partial charge is 0.0988 e. The van der Waals surface area contributed by atoms with Crippen LogP contribution in [0.4, 0.5) is 0 Å². The third kappa shape index (κ3) is 7.70. The van der Waals surface area contributed by atoms with E-state index in [9.17, 15) is 0 Å². The van der Waals surface area contributed by atoms with Gasteiger partial charge in [-0.05, 0) is 77.8 Å². The predicted octanol–water partition coefficient (Wildman–Crippen LogP) is 12.5. The second-order valence-corrected chi connectivity index (χ2v) is 11.9. The Morgan fingerprint density at radius 3 is 1.58 bits per heavy atom. The molecule has 43 heavy (non-hydrogen) atoms. The number of aryl methyl sites for hydroxylation is 2. The molecule has 0 aromatic heterocycles. The Hall–Kier alpha value is -4.42. The van der Waals surface area contributed by atoms with Gasteiger partial charge in [0.1, 0.15) is 0 Å². The summed E-state index contributed by atoms with van der Waals surface area (Å²) in [4.78, 5) is 0. The Labute approximate surface area is 260 Å². The summed E-state index contributed by atoms with van der Waals surface area (Å²) in [5.41, 5.74) is 14.8. The molecule has 218 valence electrons. The van der Waals surface area contributed by atoms with Gasteiger partial charge in [-0.15, -0.1) is 0 Å². The van der Waals surface area contributed by atoms with E-state index in [1.54, 1.807) is 0 Å². The Morgan fingerprint density at radius 1 is 0.605 bits per heavy atom. The van der Waals surface area contributed by atoms with Crippen LogP contribution in [0.1, 0.15) is 62.8 Å². The molecule has 0 spiro atoms. The second-order valence-electron chi connectivity index (χ2n) is 11.9. The van der Waals surface area contributed by atoms with Gasteiger partial charge in [0, 0.05) is 5.41 Å². The third-order valence-electron chi connectivity index (χ3n) is 8.27. The molecule has 0 heterocycles. The van der Waals surface area contributed by atoms with E-state index in [2.05, 4.69) is 150 Å². The van der Waals surface area contributed by atoms with E-state index in [4.69, 9.17) is 0 Å². The lowest BCUT2D eigenvalue weighted by molar-refractivity contribution is 0.660. The smallest absolute Gasteiger partial charge is 0.0159 e. The van der Waals surface area contributed by atoms with Crippen LogP contribution in [-0.4, -0.2) is 0 Å². The van der Waals surface area contributed by atoms with Crippen molar-refractivity contribution in [2.75, 3.05) is 0 Å². The van der Waals surface area contributed by atoms with Crippen molar-refractivity contribution in [3.63, 3.8) is 0 Å². The molecule has 0 unspecified atom stereocenters. The van der Waals surface area contributed by atoms with Crippen LogP contribution < -0.4 is 0 Å².